The van der Waals surface area contributed by atoms with Crippen LogP contribution in [0, 0.1) is 11.3 Å². The lowest BCUT2D eigenvalue weighted by Crippen LogP contribution is -2.19. The number of carbonyl (C=O) groups excluding carboxylic acids is 1. The first-order valence-corrected chi connectivity index (χ1v) is 6.28. The van der Waals surface area contributed by atoms with E-state index < -0.39 is 5.97 Å². The molecule has 1 aromatic rings. The molecule has 0 amide bonds. The molecule has 1 heterocycles. The van der Waals surface area contributed by atoms with E-state index in [2.05, 4.69) is 10.3 Å². The molecule has 0 spiro atoms. The second-order valence-electron chi connectivity index (χ2n) is 4.07. The van der Waals surface area contributed by atoms with E-state index in [1.807, 2.05) is 6.07 Å². The van der Waals surface area contributed by atoms with Crippen molar-refractivity contribution in [2.45, 2.75) is 6.92 Å². The van der Waals surface area contributed by atoms with Crippen LogP contribution in [0.2, 0.25) is 0 Å². The molecule has 1 aliphatic rings. The second kappa shape index (κ2) is 6.39. The molecule has 6 heteroatoms. The topological polar surface area (TPSA) is 94.7 Å². The number of hydrogen-bond donors (Lipinski definition) is 2. The molecule has 0 saturated carbocycles. The maximum absolute atomic E-state index is 11.7. The maximum atomic E-state index is 11.7. The Labute approximate surface area is 121 Å². The molecule has 0 radical (unpaired) electrons. The van der Waals surface area contributed by atoms with Gasteiger partial charge in [0.2, 0.25) is 0 Å². The summed E-state index contributed by atoms with van der Waals surface area (Å²) in [5.74, 6) is -0.637. The maximum Gasteiger partial charge on any atom is 0.351 e. The number of para-hydroxylation sites is 1. The molecule has 106 valence electrons. The van der Waals surface area contributed by atoms with Crippen LogP contribution in [0.25, 0.3) is 5.70 Å². The van der Waals surface area contributed by atoms with Crippen molar-refractivity contribution in [3.63, 3.8) is 0 Å². The Morgan fingerprint density at radius 3 is 2.90 bits per heavy atom. The van der Waals surface area contributed by atoms with Gasteiger partial charge >= 0.3 is 5.97 Å². The monoisotopic (exact) mass is 283 g/mol. The standard InChI is InChI=1S/C15H13N3O3/c1-2-21-15(20)11(8-16)13-7-12(17-9-18-13)10-5-3-4-6-14(10)19/h3-7,9,19H,2H2,1H3,(H,17,18). The van der Waals surface area contributed by atoms with Crippen LogP contribution in [-0.2, 0) is 9.53 Å². The van der Waals surface area contributed by atoms with Gasteiger partial charge in [-0.3, -0.25) is 0 Å². The fourth-order valence-electron chi connectivity index (χ4n) is 1.79. The van der Waals surface area contributed by atoms with Crippen LogP contribution in [0.1, 0.15) is 12.5 Å². The zero-order valence-electron chi connectivity index (χ0n) is 11.3. The highest BCUT2D eigenvalue weighted by Gasteiger charge is 2.18. The minimum absolute atomic E-state index is 0.0665. The Bertz CT molecular complexity index is 696. The smallest absolute Gasteiger partial charge is 0.351 e. The van der Waals surface area contributed by atoms with Crippen LogP contribution < -0.4 is 5.32 Å². The molecule has 2 N–H and O–H groups in total. The Hall–Kier alpha value is -3.07. The highest BCUT2D eigenvalue weighted by Crippen LogP contribution is 2.27. The number of esters is 1. The minimum atomic E-state index is -0.703. The van der Waals surface area contributed by atoms with Crippen molar-refractivity contribution in [2.75, 3.05) is 6.61 Å². The van der Waals surface area contributed by atoms with E-state index in [1.165, 1.54) is 18.5 Å². The predicted octanol–water partition coefficient (Wildman–Crippen LogP) is 1.71. The van der Waals surface area contributed by atoms with Gasteiger partial charge in [-0.1, -0.05) is 12.1 Å². The first-order chi connectivity index (χ1) is 10.2. The van der Waals surface area contributed by atoms with Gasteiger partial charge < -0.3 is 15.2 Å². The number of rotatable bonds is 3. The van der Waals surface area contributed by atoms with E-state index in [-0.39, 0.29) is 23.6 Å². The Kier molecular flexibility index (Phi) is 4.36. The number of aliphatic imine (C=N–C) groups is 1. The van der Waals surface area contributed by atoms with E-state index >= 15 is 0 Å². The molecule has 0 saturated heterocycles. The van der Waals surface area contributed by atoms with Crippen molar-refractivity contribution in [3.8, 4) is 11.8 Å². The number of nitriles is 1. The van der Waals surface area contributed by atoms with Crippen LogP contribution in [0.15, 0.2) is 46.6 Å². The van der Waals surface area contributed by atoms with E-state index in [9.17, 15) is 9.90 Å². The molecule has 0 aliphatic carbocycles. The highest BCUT2D eigenvalue weighted by atomic mass is 16.5. The fraction of sp³-hybridized carbons (Fsp3) is 0.133. The van der Waals surface area contributed by atoms with Crippen LogP contribution in [-0.4, -0.2) is 24.0 Å². The molecular formula is C15H13N3O3. The number of phenolic OH excluding ortho intramolecular Hbond substituents is 1. The minimum Gasteiger partial charge on any atom is -0.507 e. The van der Waals surface area contributed by atoms with Gasteiger partial charge in [0.15, 0.2) is 5.57 Å². The van der Waals surface area contributed by atoms with E-state index in [4.69, 9.17) is 10.00 Å². The average molecular weight is 283 g/mol. The summed E-state index contributed by atoms with van der Waals surface area (Å²) in [4.78, 5) is 15.8. The number of benzene rings is 1. The van der Waals surface area contributed by atoms with E-state index in [1.54, 1.807) is 25.1 Å². The largest absolute Gasteiger partial charge is 0.507 e. The Balaban J connectivity index is 2.45. The van der Waals surface area contributed by atoms with Gasteiger partial charge in [0.05, 0.1) is 24.3 Å². The molecular weight excluding hydrogens is 270 g/mol. The SMILES string of the molecule is CCOC(=O)C(C#N)=C1C=C(c2ccccc2O)N=CN1. The number of hydrogen-bond acceptors (Lipinski definition) is 6. The van der Waals surface area contributed by atoms with Crippen molar-refractivity contribution in [1.29, 1.82) is 5.26 Å². The summed E-state index contributed by atoms with van der Waals surface area (Å²) >= 11 is 0. The summed E-state index contributed by atoms with van der Waals surface area (Å²) in [7, 11) is 0. The van der Waals surface area contributed by atoms with Gasteiger partial charge in [-0.05, 0) is 25.1 Å². The van der Waals surface area contributed by atoms with Gasteiger partial charge in [-0.2, -0.15) is 5.26 Å². The highest BCUT2D eigenvalue weighted by molar-refractivity contribution is 5.96. The lowest BCUT2D eigenvalue weighted by Gasteiger charge is -2.13. The van der Waals surface area contributed by atoms with Crippen LogP contribution in [0.4, 0.5) is 0 Å². The van der Waals surface area contributed by atoms with Gasteiger partial charge in [0, 0.05) is 5.56 Å². The zero-order chi connectivity index (χ0) is 15.2. The molecule has 0 unspecified atom stereocenters. The number of aromatic hydroxyl groups is 1. The number of nitrogens with one attached hydrogen (secondary N) is 1. The van der Waals surface area contributed by atoms with E-state index in [0.717, 1.165) is 0 Å². The third-order valence-electron chi connectivity index (χ3n) is 2.75. The van der Waals surface area contributed by atoms with Gasteiger partial charge in [-0.25, -0.2) is 9.79 Å². The Morgan fingerprint density at radius 2 is 2.24 bits per heavy atom. The van der Waals surface area contributed by atoms with Crippen molar-refractivity contribution >= 4 is 18.0 Å². The van der Waals surface area contributed by atoms with Crippen LogP contribution in [0.5, 0.6) is 5.75 Å². The van der Waals surface area contributed by atoms with Crippen LogP contribution in [0.3, 0.4) is 0 Å². The first-order valence-electron chi connectivity index (χ1n) is 6.28. The number of ether oxygens (including phenoxy) is 1. The molecule has 0 fully saturated rings. The summed E-state index contributed by atoms with van der Waals surface area (Å²) in [6.45, 7) is 1.85. The van der Waals surface area contributed by atoms with Crippen molar-refractivity contribution in [3.05, 3.63) is 47.2 Å². The zero-order valence-corrected chi connectivity index (χ0v) is 11.3. The average Bonchev–Trinajstić information content (AvgIpc) is 2.49. The molecule has 21 heavy (non-hydrogen) atoms. The molecule has 1 aromatic carbocycles. The summed E-state index contributed by atoms with van der Waals surface area (Å²) in [5.41, 5.74) is 1.09. The van der Waals surface area contributed by atoms with Crippen molar-refractivity contribution in [1.82, 2.24) is 5.32 Å². The molecule has 0 bridgehead atoms. The number of nitrogens with zero attached hydrogens (tertiary/aromatic N) is 2. The normalized spacial score (nSPS) is 15.5. The molecule has 2 rings (SSSR count). The summed E-state index contributed by atoms with van der Waals surface area (Å²) < 4.78 is 4.83. The summed E-state index contributed by atoms with van der Waals surface area (Å²) in [6, 6.07) is 8.50. The fourth-order valence-corrected chi connectivity index (χ4v) is 1.79. The number of carbonyl (C=O) groups is 1. The van der Waals surface area contributed by atoms with Crippen LogP contribution >= 0.6 is 0 Å². The van der Waals surface area contributed by atoms with Gasteiger partial charge in [0.1, 0.15) is 11.8 Å². The second-order valence-corrected chi connectivity index (χ2v) is 4.07. The number of allylic oxidation sites excluding steroid dienone is 1. The quantitative estimate of drug-likeness (QED) is 0.500. The third kappa shape index (κ3) is 3.09. The molecule has 0 aromatic heterocycles. The lowest BCUT2D eigenvalue weighted by atomic mass is 10.1. The van der Waals surface area contributed by atoms with Crippen molar-refractivity contribution < 1.29 is 14.6 Å². The Morgan fingerprint density at radius 1 is 1.48 bits per heavy atom. The number of phenols is 1. The molecule has 1 aliphatic heterocycles. The van der Waals surface area contributed by atoms with Crippen molar-refractivity contribution in [2.24, 2.45) is 4.99 Å². The molecule has 0 atom stereocenters. The predicted molar refractivity (Wildman–Crippen MR) is 77.0 cm³/mol. The summed E-state index contributed by atoms with van der Waals surface area (Å²) in [6.07, 6.45) is 2.87. The van der Waals surface area contributed by atoms with Gasteiger partial charge in [-0.15, -0.1) is 0 Å². The van der Waals surface area contributed by atoms with Gasteiger partial charge in [0.25, 0.3) is 0 Å². The summed E-state index contributed by atoms with van der Waals surface area (Å²) in [5, 5.41) is 21.7. The first kappa shape index (κ1) is 14.3. The van der Waals surface area contributed by atoms with E-state index in [0.29, 0.717) is 11.3 Å². The third-order valence-corrected chi connectivity index (χ3v) is 2.75. The molecule has 6 nitrogen and oxygen atoms in total. The lowest BCUT2D eigenvalue weighted by molar-refractivity contribution is -0.138.